The number of pyridine rings is 1. The van der Waals surface area contributed by atoms with Crippen molar-refractivity contribution in [2.45, 2.75) is 38.0 Å². The third kappa shape index (κ3) is 4.43. The van der Waals surface area contributed by atoms with Crippen LogP contribution >= 0.6 is 0 Å². The second kappa shape index (κ2) is 9.34. The van der Waals surface area contributed by atoms with Crippen LogP contribution in [0.25, 0.3) is 0 Å². The number of ether oxygens (including phenoxy) is 1. The first kappa shape index (κ1) is 22.2. The first-order valence-corrected chi connectivity index (χ1v) is 11.4. The van der Waals surface area contributed by atoms with Crippen LogP contribution in [-0.4, -0.2) is 98.3 Å². The Morgan fingerprint density at radius 2 is 2.03 bits per heavy atom. The summed E-state index contributed by atoms with van der Waals surface area (Å²) in [4.78, 5) is 57.0. The minimum Gasteiger partial charge on any atom is -0.475 e. The number of aromatic nitrogens is 3. The van der Waals surface area contributed by atoms with Crippen LogP contribution in [0.5, 0.6) is 5.88 Å². The molecule has 0 aliphatic carbocycles. The summed E-state index contributed by atoms with van der Waals surface area (Å²) in [5, 5.41) is 3.06. The van der Waals surface area contributed by atoms with Gasteiger partial charge in [-0.15, -0.1) is 0 Å². The summed E-state index contributed by atoms with van der Waals surface area (Å²) in [5.74, 6) is -0.119. The molecule has 3 atom stereocenters. The van der Waals surface area contributed by atoms with Crippen molar-refractivity contribution in [3.63, 3.8) is 0 Å². The third-order valence-electron chi connectivity index (χ3n) is 6.66. The second-order valence-electron chi connectivity index (χ2n) is 8.92. The third-order valence-corrected chi connectivity index (χ3v) is 6.66. The molecule has 2 aromatic heterocycles. The highest BCUT2D eigenvalue weighted by Crippen LogP contribution is 2.26. The fourth-order valence-electron chi connectivity index (χ4n) is 4.97. The molecule has 11 nitrogen and oxygen atoms in total. The summed E-state index contributed by atoms with van der Waals surface area (Å²) < 4.78 is 5.96. The number of nitrogens with zero attached hydrogens (tertiary/aromatic N) is 6. The van der Waals surface area contributed by atoms with Crippen molar-refractivity contribution in [1.82, 2.24) is 35.0 Å². The maximum absolute atomic E-state index is 13.8. The van der Waals surface area contributed by atoms with E-state index < -0.39 is 6.04 Å². The Morgan fingerprint density at radius 1 is 1.21 bits per heavy atom. The second-order valence-corrected chi connectivity index (χ2v) is 8.92. The standard InChI is InChI=1S/C23H27N7O4/c1-15(31)28-5-6-30-18(12-28)13-34-22-19(3-2-4-26-22)21(32)27-17-7-20(23(30)33)29(11-17)10-16-8-24-14-25-9-16/h2-4,8-9,14,17-18,20H,5-7,10-13H2,1H3,(H,27,32)/t17-,18+,20+/m1/s1. The van der Waals surface area contributed by atoms with Gasteiger partial charge >= 0.3 is 0 Å². The van der Waals surface area contributed by atoms with Gasteiger partial charge in [-0.2, -0.15) is 0 Å². The summed E-state index contributed by atoms with van der Waals surface area (Å²) in [6.45, 7) is 3.96. The van der Waals surface area contributed by atoms with Gasteiger partial charge in [0.15, 0.2) is 0 Å². The van der Waals surface area contributed by atoms with Crippen molar-refractivity contribution in [2.75, 3.05) is 32.8 Å². The minimum absolute atomic E-state index is 0.0211. The topological polar surface area (TPSA) is 121 Å². The molecule has 11 heteroatoms. The largest absolute Gasteiger partial charge is 0.475 e. The van der Waals surface area contributed by atoms with E-state index >= 15 is 0 Å². The van der Waals surface area contributed by atoms with Crippen LogP contribution < -0.4 is 10.1 Å². The molecule has 3 amide bonds. The van der Waals surface area contributed by atoms with Gasteiger partial charge in [0.25, 0.3) is 5.91 Å². The zero-order chi connectivity index (χ0) is 23.7. The number of fused-ring (bicyclic) bond motifs is 4. The van der Waals surface area contributed by atoms with Crippen LogP contribution in [0.3, 0.4) is 0 Å². The van der Waals surface area contributed by atoms with Crippen molar-refractivity contribution in [2.24, 2.45) is 0 Å². The lowest BCUT2D eigenvalue weighted by molar-refractivity contribution is -0.146. The van der Waals surface area contributed by atoms with Crippen LogP contribution in [0.4, 0.5) is 0 Å². The quantitative estimate of drug-likeness (QED) is 0.642. The lowest BCUT2D eigenvalue weighted by Gasteiger charge is -2.42. The Kier molecular flexibility index (Phi) is 6.10. The highest BCUT2D eigenvalue weighted by molar-refractivity contribution is 5.96. The van der Waals surface area contributed by atoms with Crippen molar-refractivity contribution >= 4 is 17.7 Å². The van der Waals surface area contributed by atoms with Crippen molar-refractivity contribution < 1.29 is 19.1 Å². The molecule has 2 saturated heterocycles. The van der Waals surface area contributed by atoms with Crippen LogP contribution in [-0.2, 0) is 16.1 Å². The number of amides is 3. The number of hydrogen-bond donors (Lipinski definition) is 1. The fourth-order valence-corrected chi connectivity index (χ4v) is 4.97. The number of nitrogens with one attached hydrogen (secondary N) is 1. The molecule has 3 aliphatic heterocycles. The molecule has 5 rings (SSSR count). The molecular weight excluding hydrogens is 438 g/mol. The van der Waals surface area contributed by atoms with Crippen LogP contribution in [0.1, 0.15) is 29.3 Å². The molecule has 178 valence electrons. The molecule has 0 saturated carbocycles. The molecule has 34 heavy (non-hydrogen) atoms. The maximum atomic E-state index is 13.8. The highest BCUT2D eigenvalue weighted by atomic mass is 16.5. The van der Waals surface area contributed by atoms with E-state index in [0.29, 0.717) is 44.7 Å². The number of carbonyl (C=O) groups excluding carboxylic acids is 3. The van der Waals surface area contributed by atoms with Crippen molar-refractivity contribution in [1.29, 1.82) is 0 Å². The predicted octanol–water partition coefficient (Wildman–Crippen LogP) is -0.304. The lowest BCUT2D eigenvalue weighted by atomic mass is 10.1. The average Bonchev–Trinajstić information content (AvgIpc) is 3.24. The Bertz CT molecular complexity index is 1080. The van der Waals surface area contributed by atoms with Gasteiger partial charge in [0.2, 0.25) is 17.7 Å². The molecule has 2 fully saturated rings. The SMILES string of the molecule is CC(=O)N1CCN2C(=O)[C@@H]3C[C@H](CN3Cc3cncnc3)NC(=O)c3cccnc3OC[C@@H]2C1. The summed E-state index contributed by atoms with van der Waals surface area (Å²) >= 11 is 0. The summed E-state index contributed by atoms with van der Waals surface area (Å²) in [7, 11) is 0. The molecule has 3 aliphatic rings. The number of piperazine rings is 1. The Balaban J connectivity index is 1.48. The van der Waals surface area contributed by atoms with Crippen molar-refractivity contribution in [3.05, 3.63) is 48.2 Å². The van der Waals surface area contributed by atoms with E-state index in [1.165, 1.54) is 13.3 Å². The summed E-state index contributed by atoms with van der Waals surface area (Å²) in [6, 6.07) is 2.41. The van der Waals surface area contributed by atoms with Crippen LogP contribution in [0.15, 0.2) is 37.1 Å². The predicted molar refractivity (Wildman–Crippen MR) is 120 cm³/mol. The van der Waals surface area contributed by atoms with Gasteiger partial charge in [-0.1, -0.05) is 0 Å². The van der Waals surface area contributed by atoms with Gasteiger partial charge in [-0.05, 0) is 18.6 Å². The molecule has 0 aromatic carbocycles. The zero-order valence-corrected chi connectivity index (χ0v) is 19.0. The summed E-state index contributed by atoms with van der Waals surface area (Å²) in [6.07, 6.45) is 7.00. The van der Waals surface area contributed by atoms with Gasteiger partial charge < -0.3 is 19.9 Å². The Morgan fingerprint density at radius 3 is 2.82 bits per heavy atom. The number of rotatable bonds is 2. The molecular formula is C23H27N7O4. The monoisotopic (exact) mass is 465 g/mol. The van der Waals surface area contributed by atoms with E-state index in [1.807, 2.05) is 4.90 Å². The fraction of sp³-hybridized carbons (Fsp3) is 0.478. The van der Waals surface area contributed by atoms with Crippen molar-refractivity contribution in [3.8, 4) is 5.88 Å². The molecule has 0 radical (unpaired) electrons. The zero-order valence-electron chi connectivity index (χ0n) is 19.0. The average molecular weight is 466 g/mol. The molecule has 0 spiro atoms. The van der Waals surface area contributed by atoms with Gasteiger partial charge in [-0.3, -0.25) is 19.3 Å². The maximum Gasteiger partial charge on any atom is 0.257 e. The van der Waals surface area contributed by atoms with Gasteiger partial charge in [-0.25, -0.2) is 15.0 Å². The normalized spacial score (nSPS) is 25.4. The van der Waals surface area contributed by atoms with E-state index in [9.17, 15) is 14.4 Å². The molecule has 1 N–H and O–H groups in total. The van der Waals surface area contributed by atoms with E-state index in [0.717, 1.165) is 5.56 Å². The smallest absolute Gasteiger partial charge is 0.257 e. The minimum atomic E-state index is -0.412. The number of hydrogen-bond acceptors (Lipinski definition) is 8. The van der Waals surface area contributed by atoms with E-state index in [4.69, 9.17) is 4.74 Å². The van der Waals surface area contributed by atoms with Crippen LogP contribution in [0, 0.1) is 0 Å². The first-order valence-electron chi connectivity index (χ1n) is 11.4. The molecule has 5 heterocycles. The molecule has 2 bridgehead atoms. The molecule has 0 unspecified atom stereocenters. The Hall–Kier alpha value is -3.60. The van der Waals surface area contributed by atoms with E-state index in [1.54, 1.807) is 35.6 Å². The number of carbonyl (C=O) groups is 3. The van der Waals surface area contributed by atoms with E-state index in [2.05, 4.69) is 25.2 Å². The summed E-state index contributed by atoms with van der Waals surface area (Å²) in [5.41, 5.74) is 1.25. The van der Waals surface area contributed by atoms with Gasteiger partial charge in [0.05, 0.1) is 12.1 Å². The lowest BCUT2D eigenvalue weighted by Crippen LogP contribution is -2.61. The highest BCUT2D eigenvalue weighted by Gasteiger charge is 2.43. The number of likely N-dealkylation sites (tertiary alicyclic amines) is 1. The van der Waals surface area contributed by atoms with E-state index in [-0.39, 0.29) is 42.3 Å². The van der Waals surface area contributed by atoms with Gasteiger partial charge in [0.1, 0.15) is 18.5 Å². The molecule has 2 aromatic rings. The van der Waals surface area contributed by atoms with Crippen LogP contribution in [0.2, 0.25) is 0 Å². The first-order chi connectivity index (χ1) is 16.5. The Labute approximate surface area is 197 Å². The van der Waals surface area contributed by atoms with Gasteiger partial charge in [0, 0.05) is 69.8 Å².